The molecule has 8 heteroatoms. The molecule has 0 aromatic heterocycles. The third kappa shape index (κ3) is 6.79. The molecule has 2 aliphatic heterocycles. The van der Waals surface area contributed by atoms with E-state index in [2.05, 4.69) is 35.2 Å². The fourth-order valence-electron chi connectivity index (χ4n) is 4.42. The fourth-order valence-corrected chi connectivity index (χ4v) is 4.71. The molecular weight excluding hydrogens is 444 g/mol. The monoisotopic (exact) mass is 472 g/mol. The maximum absolute atomic E-state index is 12.3. The van der Waals surface area contributed by atoms with Crippen molar-refractivity contribution in [2.24, 2.45) is 0 Å². The molecule has 1 unspecified atom stereocenters. The number of carbonyl (C=O) groups excluding carboxylic acids is 1. The topological polar surface area (TPSA) is 98.1 Å². The van der Waals surface area contributed by atoms with E-state index in [9.17, 15) is 4.79 Å². The number of halogens is 1. The Kier molecular flexibility index (Phi) is 8.86. The summed E-state index contributed by atoms with van der Waals surface area (Å²) in [6.45, 7) is 4.06. The van der Waals surface area contributed by atoms with Gasteiger partial charge in [-0.15, -0.1) is 0 Å². The third-order valence-corrected chi connectivity index (χ3v) is 6.45. The van der Waals surface area contributed by atoms with Crippen LogP contribution >= 0.6 is 11.6 Å². The second kappa shape index (κ2) is 11.8. The highest BCUT2D eigenvalue weighted by atomic mass is 35.5. The molecule has 0 aliphatic carbocycles. The van der Waals surface area contributed by atoms with E-state index in [1.165, 1.54) is 11.1 Å². The molecule has 2 fully saturated rings. The van der Waals surface area contributed by atoms with Crippen LogP contribution in [0.5, 0.6) is 0 Å². The highest BCUT2D eigenvalue weighted by molar-refractivity contribution is 6.31. The quantitative estimate of drug-likeness (QED) is 0.637. The van der Waals surface area contributed by atoms with Crippen molar-refractivity contribution < 1.29 is 24.6 Å². The van der Waals surface area contributed by atoms with Gasteiger partial charge >= 0.3 is 11.9 Å². The Hall–Kier alpha value is -2.90. The summed E-state index contributed by atoms with van der Waals surface area (Å²) >= 11 is 6.39. The number of piperidine rings is 1. The van der Waals surface area contributed by atoms with Gasteiger partial charge in [-0.2, -0.15) is 0 Å². The van der Waals surface area contributed by atoms with Crippen LogP contribution in [0.2, 0.25) is 5.02 Å². The predicted octanol–water partition coefficient (Wildman–Crippen LogP) is 4.04. The molecule has 2 aliphatic rings. The van der Waals surface area contributed by atoms with Crippen molar-refractivity contribution in [2.45, 2.75) is 38.0 Å². The number of rotatable bonds is 5. The molecule has 4 rings (SSSR count). The molecule has 7 nitrogen and oxygen atoms in total. The van der Waals surface area contributed by atoms with Gasteiger partial charge in [0, 0.05) is 36.8 Å². The summed E-state index contributed by atoms with van der Waals surface area (Å²) in [4.78, 5) is 35.1. The standard InChI is InChI=1S/C23H27ClN2O.C2H2O4/c24-21-9-3-2-8-20(21)19-13-16-25(17-19)15-12-18-7-1-4-10-22(18)26-14-6-5-11-23(26)27;3-1(4)2(5)6/h1-4,7-10,19H,5-6,11-17H2;(H,3,4)(H,5,6). The average molecular weight is 473 g/mol. The average Bonchev–Trinajstić information content (AvgIpc) is 3.28. The lowest BCUT2D eigenvalue weighted by atomic mass is 9.98. The number of nitrogens with zero attached hydrogens (tertiary/aromatic N) is 2. The van der Waals surface area contributed by atoms with E-state index >= 15 is 0 Å². The highest BCUT2D eigenvalue weighted by Gasteiger charge is 2.26. The Morgan fingerprint density at radius 3 is 2.36 bits per heavy atom. The van der Waals surface area contributed by atoms with Crippen LogP contribution in [0.15, 0.2) is 48.5 Å². The number of hydrogen-bond donors (Lipinski definition) is 2. The second-order valence-corrected chi connectivity index (χ2v) is 8.71. The van der Waals surface area contributed by atoms with E-state index in [-0.39, 0.29) is 5.91 Å². The van der Waals surface area contributed by atoms with Crippen LogP contribution < -0.4 is 4.90 Å². The molecule has 33 heavy (non-hydrogen) atoms. The molecule has 0 radical (unpaired) electrons. The van der Waals surface area contributed by atoms with Gasteiger partial charge in [-0.1, -0.05) is 48.0 Å². The summed E-state index contributed by atoms with van der Waals surface area (Å²) in [5, 5.41) is 15.7. The smallest absolute Gasteiger partial charge is 0.414 e. The summed E-state index contributed by atoms with van der Waals surface area (Å²) in [7, 11) is 0. The number of benzene rings is 2. The Labute approximate surface area is 198 Å². The first-order valence-electron chi connectivity index (χ1n) is 11.2. The molecule has 176 valence electrons. The molecule has 0 spiro atoms. The Morgan fingerprint density at radius 1 is 0.970 bits per heavy atom. The minimum absolute atomic E-state index is 0.272. The lowest BCUT2D eigenvalue weighted by molar-refractivity contribution is -0.159. The first-order valence-corrected chi connectivity index (χ1v) is 11.6. The molecule has 2 saturated heterocycles. The number of anilines is 1. The van der Waals surface area contributed by atoms with Crippen LogP contribution in [-0.4, -0.2) is 59.1 Å². The predicted molar refractivity (Wildman–Crippen MR) is 127 cm³/mol. The van der Waals surface area contributed by atoms with Gasteiger partial charge in [0.25, 0.3) is 0 Å². The number of para-hydroxylation sites is 1. The van der Waals surface area contributed by atoms with Crippen LogP contribution in [0, 0.1) is 0 Å². The molecule has 2 heterocycles. The molecule has 1 amide bonds. The minimum Gasteiger partial charge on any atom is -0.473 e. The lowest BCUT2D eigenvalue weighted by Gasteiger charge is -2.29. The Morgan fingerprint density at radius 2 is 1.67 bits per heavy atom. The SMILES string of the molecule is O=C(O)C(=O)O.O=C1CCCCN1c1ccccc1CCN1CCC(c2ccccc2Cl)C1. The van der Waals surface area contributed by atoms with Crippen molar-refractivity contribution in [3.63, 3.8) is 0 Å². The van der Waals surface area contributed by atoms with Gasteiger partial charge in [0.05, 0.1) is 0 Å². The van der Waals surface area contributed by atoms with Crippen LogP contribution in [0.4, 0.5) is 5.69 Å². The van der Waals surface area contributed by atoms with Crippen molar-refractivity contribution in [2.75, 3.05) is 31.1 Å². The minimum atomic E-state index is -1.82. The van der Waals surface area contributed by atoms with Crippen LogP contribution in [0.3, 0.4) is 0 Å². The molecule has 0 saturated carbocycles. The van der Waals surface area contributed by atoms with Crippen LogP contribution in [0.25, 0.3) is 0 Å². The van der Waals surface area contributed by atoms with Crippen molar-refractivity contribution in [3.05, 3.63) is 64.7 Å². The van der Waals surface area contributed by atoms with E-state index in [0.717, 1.165) is 62.6 Å². The second-order valence-electron chi connectivity index (χ2n) is 8.30. The first kappa shape index (κ1) is 24.7. The number of aliphatic carboxylic acids is 2. The fraction of sp³-hybridized carbons (Fsp3) is 0.400. The van der Waals surface area contributed by atoms with Gasteiger partial charge in [0.1, 0.15) is 0 Å². The van der Waals surface area contributed by atoms with Gasteiger partial charge in [0.2, 0.25) is 5.91 Å². The highest BCUT2D eigenvalue weighted by Crippen LogP contribution is 2.32. The summed E-state index contributed by atoms with van der Waals surface area (Å²) in [6.07, 6.45) is 4.95. The van der Waals surface area contributed by atoms with E-state index in [0.29, 0.717) is 12.3 Å². The number of carbonyl (C=O) groups is 3. The van der Waals surface area contributed by atoms with Crippen LogP contribution in [-0.2, 0) is 20.8 Å². The maximum atomic E-state index is 12.3. The van der Waals surface area contributed by atoms with Crippen molar-refractivity contribution in [3.8, 4) is 0 Å². The van der Waals surface area contributed by atoms with Crippen LogP contribution in [0.1, 0.15) is 42.7 Å². The summed E-state index contributed by atoms with van der Waals surface area (Å²) in [5.74, 6) is -2.85. The van der Waals surface area contributed by atoms with Gasteiger partial charge < -0.3 is 20.0 Å². The first-order chi connectivity index (χ1) is 15.9. The van der Waals surface area contributed by atoms with Crippen molar-refractivity contribution >= 4 is 35.1 Å². The van der Waals surface area contributed by atoms with Gasteiger partial charge in [0.15, 0.2) is 0 Å². The Balaban J connectivity index is 0.000000454. The molecule has 2 aromatic rings. The zero-order valence-electron chi connectivity index (χ0n) is 18.5. The van der Waals surface area contributed by atoms with Crippen molar-refractivity contribution in [1.82, 2.24) is 4.90 Å². The summed E-state index contributed by atoms with van der Waals surface area (Å²) in [6, 6.07) is 16.6. The van der Waals surface area contributed by atoms with Gasteiger partial charge in [-0.25, -0.2) is 9.59 Å². The third-order valence-electron chi connectivity index (χ3n) is 6.10. The zero-order valence-corrected chi connectivity index (χ0v) is 19.2. The summed E-state index contributed by atoms with van der Waals surface area (Å²) in [5.41, 5.74) is 3.68. The Bertz CT molecular complexity index is 984. The van der Waals surface area contributed by atoms with Crippen molar-refractivity contribution in [1.29, 1.82) is 0 Å². The largest absolute Gasteiger partial charge is 0.473 e. The number of carboxylic acid groups (broad SMARTS) is 2. The number of carboxylic acids is 2. The number of amides is 1. The lowest BCUT2D eigenvalue weighted by Crippen LogP contribution is -2.36. The summed E-state index contributed by atoms with van der Waals surface area (Å²) < 4.78 is 0. The number of hydrogen-bond acceptors (Lipinski definition) is 4. The van der Waals surface area contributed by atoms with Gasteiger partial charge in [-0.05, 0) is 61.4 Å². The zero-order chi connectivity index (χ0) is 23.8. The van der Waals surface area contributed by atoms with E-state index < -0.39 is 11.9 Å². The van der Waals surface area contributed by atoms with E-state index in [1.54, 1.807) is 0 Å². The molecular formula is C25H29ClN2O5. The number of likely N-dealkylation sites (tertiary alicyclic amines) is 1. The molecule has 1 atom stereocenters. The van der Waals surface area contributed by atoms with Gasteiger partial charge in [-0.3, -0.25) is 4.79 Å². The maximum Gasteiger partial charge on any atom is 0.414 e. The molecule has 2 N–H and O–H groups in total. The molecule has 2 aromatic carbocycles. The normalized spacial score (nSPS) is 18.5. The van der Waals surface area contributed by atoms with E-state index in [4.69, 9.17) is 31.4 Å². The molecule has 0 bridgehead atoms. The van der Waals surface area contributed by atoms with E-state index in [1.807, 2.05) is 23.1 Å².